The average molecular weight is 954 g/mol. The van der Waals surface area contributed by atoms with Gasteiger partial charge in [0.15, 0.2) is 0 Å². The number of nitrogens with zero attached hydrogens (tertiary/aromatic N) is 1. The fraction of sp³-hybridized carbons (Fsp3) is 0.0541. The maximum atomic E-state index is 2.54. The highest BCUT2D eigenvalue weighted by molar-refractivity contribution is 5.93. The molecule has 0 aliphatic heterocycles. The van der Waals surface area contributed by atoms with Crippen molar-refractivity contribution in [2.75, 3.05) is 4.90 Å². The second kappa shape index (κ2) is 17.2. The number of benzene rings is 11. The van der Waals surface area contributed by atoms with Crippen LogP contribution in [0.1, 0.15) is 50.4 Å². The van der Waals surface area contributed by atoms with Crippen molar-refractivity contribution in [3.05, 3.63) is 342 Å². The fourth-order valence-corrected chi connectivity index (χ4v) is 14.0. The first-order valence-electron chi connectivity index (χ1n) is 26.4. The number of anilines is 3. The monoisotopic (exact) mass is 953 g/mol. The summed E-state index contributed by atoms with van der Waals surface area (Å²) in [5, 5.41) is 0. The third kappa shape index (κ3) is 6.38. The molecule has 1 spiro atoms. The highest BCUT2D eigenvalue weighted by Crippen LogP contribution is 2.66. The maximum Gasteiger partial charge on any atom is 0.0714 e. The summed E-state index contributed by atoms with van der Waals surface area (Å²) in [5.74, 6) is 0.467. The molecule has 1 nitrogen and oxygen atoms in total. The molecule has 1 heteroatoms. The molecule has 15 rings (SSSR count). The van der Waals surface area contributed by atoms with Gasteiger partial charge >= 0.3 is 0 Å². The summed E-state index contributed by atoms with van der Waals surface area (Å²) < 4.78 is 0. The van der Waals surface area contributed by atoms with E-state index in [-0.39, 0.29) is 17.3 Å². The molecule has 2 unspecified atom stereocenters. The van der Waals surface area contributed by atoms with E-state index in [1.54, 1.807) is 0 Å². The Kier molecular flexibility index (Phi) is 9.90. The molecular formula is C74H51N. The lowest BCUT2D eigenvalue weighted by atomic mass is 9.65. The van der Waals surface area contributed by atoms with Crippen molar-refractivity contribution in [3.8, 4) is 55.6 Å². The molecule has 4 aliphatic rings. The Bertz CT molecular complexity index is 3970. The average Bonchev–Trinajstić information content (AvgIpc) is 4.12. The van der Waals surface area contributed by atoms with Gasteiger partial charge in [0.05, 0.1) is 10.8 Å². The van der Waals surface area contributed by atoms with Crippen molar-refractivity contribution in [2.24, 2.45) is 5.92 Å². The van der Waals surface area contributed by atoms with Gasteiger partial charge in [-0.2, -0.15) is 0 Å². The molecule has 352 valence electrons. The molecule has 0 aromatic heterocycles. The molecule has 0 amide bonds. The van der Waals surface area contributed by atoms with E-state index >= 15 is 0 Å². The van der Waals surface area contributed by atoms with Gasteiger partial charge in [-0.15, -0.1) is 0 Å². The van der Waals surface area contributed by atoms with Crippen LogP contribution >= 0.6 is 0 Å². The molecule has 0 heterocycles. The number of rotatable bonds is 8. The fourth-order valence-electron chi connectivity index (χ4n) is 14.0. The summed E-state index contributed by atoms with van der Waals surface area (Å²) in [6, 6.07) is 102. The van der Waals surface area contributed by atoms with Crippen LogP contribution in [0.15, 0.2) is 297 Å². The smallest absolute Gasteiger partial charge is 0.0714 e. The van der Waals surface area contributed by atoms with Crippen LogP contribution in [0.2, 0.25) is 0 Å². The van der Waals surface area contributed by atoms with Crippen LogP contribution in [0.25, 0.3) is 55.6 Å². The van der Waals surface area contributed by atoms with Crippen LogP contribution < -0.4 is 4.90 Å². The van der Waals surface area contributed by atoms with Crippen molar-refractivity contribution in [1.82, 2.24) is 0 Å². The van der Waals surface area contributed by atoms with Gasteiger partial charge in [-0.3, -0.25) is 0 Å². The summed E-state index contributed by atoms with van der Waals surface area (Å²) in [6.45, 7) is 0. The van der Waals surface area contributed by atoms with Gasteiger partial charge in [-0.05, 0) is 137 Å². The van der Waals surface area contributed by atoms with Crippen LogP contribution in [0, 0.1) is 5.92 Å². The number of allylic oxidation sites excluding steroid dienone is 4. The van der Waals surface area contributed by atoms with Crippen molar-refractivity contribution < 1.29 is 0 Å². The normalized spacial score (nSPS) is 16.4. The van der Waals surface area contributed by atoms with Crippen LogP contribution in [-0.4, -0.2) is 0 Å². The predicted molar refractivity (Wildman–Crippen MR) is 311 cm³/mol. The Morgan fingerprint density at radius 1 is 0.280 bits per heavy atom. The quantitative estimate of drug-likeness (QED) is 0.147. The van der Waals surface area contributed by atoms with E-state index in [4.69, 9.17) is 0 Å². The predicted octanol–water partition coefficient (Wildman–Crippen LogP) is 18.7. The van der Waals surface area contributed by atoms with E-state index < -0.39 is 5.41 Å². The molecule has 2 atom stereocenters. The first-order chi connectivity index (χ1) is 37.2. The SMILES string of the molecule is C1=CC2c3cc(-c4cc(N(c5ccc(-c6ccccc6)cc5)c5ccc6c(c5)C(c5ccccc5)(c5ccccc5)c5ccccc5-6)ccc4-c4ccccc4)ccc3C3(c4ccccc4-c4ccccc43)C2C=C1. The summed E-state index contributed by atoms with van der Waals surface area (Å²) in [5.41, 5.74) is 25.6. The minimum absolute atomic E-state index is 0.220. The first kappa shape index (κ1) is 43.3. The first-order valence-corrected chi connectivity index (χ1v) is 26.4. The van der Waals surface area contributed by atoms with Gasteiger partial charge in [0.1, 0.15) is 0 Å². The maximum absolute atomic E-state index is 2.54. The van der Waals surface area contributed by atoms with Crippen LogP contribution in [0.3, 0.4) is 0 Å². The molecule has 75 heavy (non-hydrogen) atoms. The van der Waals surface area contributed by atoms with Crippen LogP contribution in [0.4, 0.5) is 17.1 Å². The minimum atomic E-state index is -0.543. The molecule has 0 radical (unpaired) electrons. The summed E-state index contributed by atoms with van der Waals surface area (Å²) in [4.78, 5) is 2.48. The van der Waals surface area contributed by atoms with Gasteiger partial charge in [0, 0.05) is 28.9 Å². The summed E-state index contributed by atoms with van der Waals surface area (Å²) in [7, 11) is 0. The van der Waals surface area contributed by atoms with Gasteiger partial charge in [-0.1, -0.05) is 261 Å². The summed E-state index contributed by atoms with van der Waals surface area (Å²) in [6.07, 6.45) is 9.48. The second-order valence-electron chi connectivity index (χ2n) is 20.6. The molecule has 0 saturated carbocycles. The van der Waals surface area contributed by atoms with Crippen molar-refractivity contribution in [3.63, 3.8) is 0 Å². The summed E-state index contributed by atoms with van der Waals surface area (Å²) >= 11 is 0. The lowest BCUT2D eigenvalue weighted by Gasteiger charge is -2.36. The Labute approximate surface area is 439 Å². The number of fused-ring (bicyclic) bond motifs is 13. The van der Waals surface area contributed by atoms with E-state index in [1.165, 1.54) is 100 Å². The zero-order valence-corrected chi connectivity index (χ0v) is 41.4. The lowest BCUT2D eigenvalue weighted by Crippen LogP contribution is -2.32. The van der Waals surface area contributed by atoms with E-state index in [2.05, 4.69) is 302 Å². The van der Waals surface area contributed by atoms with Crippen LogP contribution in [0.5, 0.6) is 0 Å². The van der Waals surface area contributed by atoms with E-state index in [9.17, 15) is 0 Å². The highest BCUT2D eigenvalue weighted by Gasteiger charge is 2.57. The van der Waals surface area contributed by atoms with E-state index in [0.717, 1.165) is 17.1 Å². The van der Waals surface area contributed by atoms with Gasteiger partial charge in [0.2, 0.25) is 0 Å². The molecular weight excluding hydrogens is 903 g/mol. The number of hydrogen-bond donors (Lipinski definition) is 0. The third-order valence-corrected chi connectivity index (χ3v) is 17.1. The topological polar surface area (TPSA) is 3.24 Å². The van der Waals surface area contributed by atoms with E-state index in [0.29, 0.717) is 0 Å². The molecule has 11 aromatic rings. The highest BCUT2D eigenvalue weighted by atomic mass is 15.1. The van der Waals surface area contributed by atoms with Crippen LogP contribution in [-0.2, 0) is 10.8 Å². The Balaban J connectivity index is 0.956. The molecule has 0 N–H and O–H groups in total. The Morgan fingerprint density at radius 3 is 1.39 bits per heavy atom. The third-order valence-electron chi connectivity index (χ3n) is 17.1. The van der Waals surface area contributed by atoms with Crippen molar-refractivity contribution in [2.45, 2.75) is 16.7 Å². The largest absolute Gasteiger partial charge is 0.310 e. The molecule has 0 saturated heterocycles. The second-order valence-corrected chi connectivity index (χ2v) is 20.6. The Morgan fingerprint density at radius 2 is 0.747 bits per heavy atom. The minimum Gasteiger partial charge on any atom is -0.310 e. The zero-order chi connectivity index (χ0) is 49.5. The molecule has 4 aliphatic carbocycles. The molecule has 0 fully saturated rings. The van der Waals surface area contributed by atoms with Gasteiger partial charge in [-0.25, -0.2) is 0 Å². The Hall–Kier alpha value is -9.30. The number of hydrogen-bond acceptors (Lipinski definition) is 1. The van der Waals surface area contributed by atoms with Crippen molar-refractivity contribution in [1.29, 1.82) is 0 Å². The van der Waals surface area contributed by atoms with Gasteiger partial charge in [0.25, 0.3) is 0 Å². The van der Waals surface area contributed by atoms with E-state index in [1.807, 2.05) is 0 Å². The lowest BCUT2D eigenvalue weighted by molar-refractivity contribution is 0.465. The molecule has 0 bridgehead atoms. The zero-order valence-electron chi connectivity index (χ0n) is 41.4. The standard InChI is InChI=1S/C74H51N/c1-5-21-50(22-6-1)51-37-40-56(41-38-51)75(58-43-45-64-62-31-13-17-33-67(62)73(72(64)49-58,54-25-9-3-10-26-54)55-27-11-4-12-28-55)57-42-44-59(52-23-7-2-8-24-52)65(48-57)53-39-46-71-66(47-53)63-32-16-20-36-70(63)74(71)68-34-18-14-29-60(68)61-30-15-19-35-69(61)74/h1-49,63,70H. The van der Waals surface area contributed by atoms with Crippen molar-refractivity contribution >= 4 is 17.1 Å². The van der Waals surface area contributed by atoms with Gasteiger partial charge < -0.3 is 4.90 Å². The molecule has 11 aromatic carbocycles.